The highest BCUT2D eigenvalue weighted by atomic mass is 32.2. The Hall–Kier alpha value is -3.59. The Labute approximate surface area is 197 Å². The molecule has 0 aliphatic carbocycles. The Kier molecular flexibility index (Phi) is 6.79. The van der Waals surface area contributed by atoms with Gasteiger partial charge >= 0.3 is 0 Å². The van der Waals surface area contributed by atoms with Crippen LogP contribution in [0.5, 0.6) is 5.75 Å². The van der Waals surface area contributed by atoms with Gasteiger partial charge in [-0.1, -0.05) is 36.0 Å². The summed E-state index contributed by atoms with van der Waals surface area (Å²) >= 11 is 1.36. The Morgan fingerprint density at radius 1 is 1.15 bits per heavy atom. The summed E-state index contributed by atoms with van der Waals surface area (Å²) in [5.74, 6) is 1.63. The highest BCUT2D eigenvalue weighted by Crippen LogP contribution is 2.33. The molecule has 0 aliphatic rings. The molecule has 0 aliphatic heterocycles. The summed E-state index contributed by atoms with van der Waals surface area (Å²) in [6.07, 6.45) is 1.93. The summed E-state index contributed by atoms with van der Waals surface area (Å²) in [6, 6.07) is 15.5. The maximum absolute atomic E-state index is 12.5. The molecule has 0 radical (unpaired) electrons. The molecule has 2 heterocycles. The number of benzene rings is 2. The number of carbonyl (C=O) groups is 1. The van der Waals surface area contributed by atoms with Crippen molar-refractivity contribution in [2.75, 3.05) is 18.2 Å². The second-order valence-corrected chi connectivity index (χ2v) is 8.50. The van der Waals surface area contributed by atoms with Gasteiger partial charge in [-0.25, -0.2) is 0 Å². The van der Waals surface area contributed by atoms with E-state index in [4.69, 9.17) is 4.74 Å². The third-order valence-corrected chi connectivity index (χ3v) is 6.05. The van der Waals surface area contributed by atoms with Crippen LogP contribution in [-0.2, 0) is 18.4 Å². The summed E-state index contributed by atoms with van der Waals surface area (Å²) in [5.41, 5.74) is 4.49. The molecule has 1 amide bonds. The first kappa shape index (κ1) is 22.6. The van der Waals surface area contributed by atoms with Gasteiger partial charge in [0.25, 0.3) is 0 Å². The predicted molar refractivity (Wildman–Crippen MR) is 130 cm³/mol. The quantitative estimate of drug-likeness (QED) is 0.390. The van der Waals surface area contributed by atoms with E-state index in [0.29, 0.717) is 17.5 Å². The molecule has 0 atom stereocenters. The molecular formula is C24H26N6O2S. The lowest BCUT2D eigenvalue weighted by molar-refractivity contribution is -0.113. The zero-order valence-electron chi connectivity index (χ0n) is 19.1. The topological polar surface area (TPSA) is 86.9 Å². The van der Waals surface area contributed by atoms with Crippen LogP contribution in [0.4, 0.5) is 5.69 Å². The van der Waals surface area contributed by atoms with E-state index in [1.807, 2.05) is 80.2 Å². The smallest absolute Gasteiger partial charge is 0.234 e. The van der Waals surface area contributed by atoms with Gasteiger partial charge in [-0.05, 0) is 43.7 Å². The van der Waals surface area contributed by atoms with Gasteiger partial charge in [-0.2, -0.15) is 5.10 Å². The zero-order chi connectivity index (χ0) is 23.4. The number of nitrogens with zero attached hydrogens (tertiary/aromatic N) is 5. The van der Waals surface area contributed by atoms with Crippen molar-refractivity contribution in [2.24, 2.45) is 7.05 Å². The second-order valence-electron chi connectivity index (χ2n) is 7.55. The first-order valence-electron chi connectivity index (χ1n) is 10.6. The Bertz CT molecular complexity index is 1280. The van der Waals surface area contributed by atoms with Crippen molar-refractivity contribution >= 4 is 23.4 Å². The van der Waals surface area contributed by atoms with Crippen LogP contribution in [-0.4, -0.2) is 43.3 Å². The largest absolute Gasteiger partial charge is 0.497 e. The lowest BCUT2D eigenvalue weighted by atomic mass is 10.1. The molecule has 0 bridgehead atoms. The van der Waals surface area contributed by atoms with Crippen LogP contribution in [0.25, 0.3) is 22.6 Å². The summed E-state index contributed by atoms with van der Waals surface area (Å²) in [4.78, 5) is 12.5. The van der Waals surface area contributed by atoms with E-state index in [-0.39, 0.29) is 11.7 Å². The zero-order valence-corrected chi connectivity index (χ0v) is 19.9. The highest BCUT2D eigenvalue weighted by molar-refractivity contribution is 7.99. The number of carbonyl (C=O) groups excluding carboxylic acids is 1. The van der Waals surface area contributed by atoms with E-state index in [1.165, 1.54) is 11.8 Å². The van der Waals surface area contributed by atoms with Crippen LogP contribution in [0.1, 0.15) is 12.5 Å². The summed E-state index contributed by atoms with van der Waals surface area (Å²) in [6.45, 7) is 4.69. The molecule has 0 saturated carbocycles. The number of aryl methyl sites for hydroxylation is 2. The van der Waals surface area contributed by atoms with Gasteiger partial charge in [0.15, 0.2) is 11.0 Å². The molecule has 2 aromatic heterocycles. The molecule has 9 heteroatoms. The Morgan fingerprint density at radius 3 is 2.73 bits per heavy atom. The molecular weight excluding hydrogens is 436 g/mol. The minimum atomic E-state index is -0.0868. The standard InChI is InChI=1S/C24H26N6O2S/c1-5-30-23(20-14-29(3)28-22(20)17-9-7-11-19(13-17)32-4)26-27-24(30)33-15-21(31)25-18-10-6-8-16(2)12-18/h6-14H,5,15H2,1-4H3,(H,25,31). The summed E-state index contributed by atoms with van der Waals surface area (Å²) in [7, 11) is 3.52. The first-order valence-corrected chi connectivity index (χ1v) is 11.6. The Morgan fingerprint density at radius 2 is 1.97 bits per heavy atom. The molecule has 4 aromatic rings. The number of hydrogen-bond acceptors (Lipinski definition) is 6. The maximum atomic E-state index is 12.5. The number of hydrogen-bond donors (Lipinski definition) is 1. The fourth-order valence-electron chi connectivity index (χ4n) is 3.57. The van der Waals surface area contributed by atoms with Gasteiger partial charge < -0.3 is 14.6 Å². The average molecular weight is 463 g/mol. The summed E-state index contributed by atoms with van der Waals surface area (Å²) < 4.78 is 9.14. The van der Waals surface area contributed by atoms with E-state index < -0.39 is 0 Å². The van der Waals surface area contributed by atoms with Gasteiger partial charge in [0.2, 0.25) is 5.91 Å². The number of rotatable bonds is 8. The average Bonchev–Trinajstić information content (AvgIpc) is 3.40. The van der Waals surface area contributed by atoms with E-state index in [2.05, 4.69) is 20.6 Å². The molecule has 8 nitrogen and oxygen atoms in total. The van der Waals surface area contributed by atoms with Gasteiger partial charge in [-0.3, -0.25) is 9.48 Å². The van der Waals surface area contributed by atoms with Crippen LogP contribution in [0.3, 0.4) is 0 Å². The second kappa shape index (κ2) is 9.91. The van der Waals surface area contributed by atoms with Crippen molar-refractivity contribution in [1.29, 1.82) is 0 Å². The molecule has 170 valence electrons. The number of methoxy groups -OCH3 is 1. The molecule has 0 spiro atoms. The normalized spacial score (nSPS) is 10.9. The fourth-order valence-corrected chi connectivity index (χ4v) is 4.37. The van der Waals surface area contributed by atoms with Gasteiger partial charge in [-0.15, -0.1) is 10.2 Å². The molecule has 2 aromatic carbocycles. The van der Waals surface area contributed by atoms with E-state index in [9.17, 15) is 4.79 Å². The molecule has 0 unspecified atom stereocenters. The molecule has 0 fully saturated rings. The van der Waals surface area contributed by atoms with Crippen molar-refractivity contribution in [3.63, 3.8) is 0 Å². The van der Waals surface area contributed by atoms with Crippen molar-refractivity contribution in [3.8, 4) is 28.4 Å². The molecule has 4 rings (SSSR count). The van der Waals surface area contributed by atoms with Gasteiger partial charge in [0, 0.05) is 31.0 Å². The number of anilines is 1. The number of amides is 1. The van der Waals surface area contributed by atoms with E-state index in [1.54, 1.807) is 11.8 Å². The molecule has 0 saturated heterocycles. The Balaban J connectivity index is 1.56. The SMILES string of the molecule is CCn1c(SCC(=O)Nc2cccc(C)c2)nnc1-c1cn(C)nc1-c1cccc(OC)c1. The van der Waals surface area contributed by atoms with E-state index >= 15 is 0 Å². The lowest BCUT2D eigenvalue weighted by Gasteiger charge is -2.09. The van der Waals surface area contributed by atoms with Crippen LogP contribution >= 0.6 is 11.8 Å². The fraction of sp³-hybridized carbons (Fsp3) is 0.250. The monoisotopic (exact) mass is 462 g/mol. The number of ether oxygens (including phenoxy) is 1. The van der Waals surface area contributed by atoms with Crippen molar-refractivity contribution in [1.82, 2.24) is 24.5 Å². The van der Waals surface area contributed by atoms with Crippen LogP contribution in [0, 0.1) is 6.92 Å². The van der Waals surface area contributed by atoms with Crippen LogP contribution in [0.2, 0.25) is 0 Å². The molecule has 1 N–H and O–H groups in total. The van der Waals surface area contributed by atoms with Crippen molar-refractivity contribution in [3.05, 3.63) is 60.3 Å². The molecule has 33 heavy (non-hydrogen) atoms. The first-order chi connectivity index (χ1) is 16.0. The van der Waals surface area contributed by atoms with Crippen LogP contribution < -0.4 is 10.1 Å². The summed E-state index contributed by atoms with van der Waals surface area (Å²) in [5, 5.41) is 17.1. The maximum Gasteiger partial charge on any atom is 0.234 e. The minimum absolute atomic E-state index is 0.0868. The predicted octanol–water partition coefficient (Wildman–Crippen LogP) is 4.41. The van der Waals surface area contributed by atoms with Crippen molar-refractivity contribution < 1.29 is 9.53 Å². The third-order valence-electron chi connectivity index (χ3n) is 5.08. The van der Waals surface area contributed by atoms with Gasteiger partial charge in [0.1, 0.15) is 11.4 Å². The third kappa shape index (κ3) is 5.09. The number of thioether (sulfide) groups is 1. The van der Waals surface area contributed by atoms with Crippen molar-refractivity contribution in [2.45, 2.75) is 25.5 Å². The lowest BCUT2D eigenvalue weighted by Crippen LogP contribution is -2.14. The van der Waals surface area contributed by atoms with E-state index in [0.717, 1.165) is 33.8 Å². The highest BCUT2D eigenvalue weighted by Gasteiger charge is 2.21. The van der Waals surface area contributed by atoms with Gasteiger partial charge in [0.05, 0.1) is 18.4 Å². The number of nitrogens with one attached hydrogen (secondary N) is 1. The van der Waals surface area contributed by atoms with Crippen LogP contribution in [0.15, 0.2) is 59.9 Å². The minimum Gasteiger partial charge on any atom is -0.497 e. The number of aromatic nitrogens is 5.